The summed E-state index contributed by atoms with van der Waals surface area (Å²) in [6.45, 7) is -2.34. The van der Waals surface area contributed by atoms with E-state index in [9.17, 15) is 13.6 Å². The van der Waals surface area contributed by atoms with Crippen molar-refractivity contribution in [2.24, 2.45) is 0 Å². The Bertz CT molecular complexity index is 741. The number of benzene rings is 2. The zero-order chi connectivity index (χ0) is 19.6. The van der Waals surface area contributed by atoms with E-state index in [4.69, 9.17) is 21.1 Å². The Morgan fingerprint density at radius 2 is 1.89 bits per heavy atom. The number of hydrogen-bond donors (Lipinski definition) is 1. The molecule has 5 nitrogen and oxygen atoms in total. The number of hydrogen-bond acceptors (Lipinski definition) is 4. The highest BCUT2D eigenvalue weighted by Crippen LogP contribution is 2.29. The first-order valence-corrected chi connectivity index (χ1v) is 8.62. The fourth-order valence-corrected chi connectivity index (χ4v) is 2.42. The molecule has 146 valence electrons. The van der Waals surface area contributed by atoms with Gasteiger partial charge in [0.25, 0.3) is 0 Å². The van der Waals surface area contributed by atoms with Crippen molar-refractivity contribution in [2.75, 3.05) is 20.3 Å². The summed E-state index contributed by atoms with van der Waals surface area (Å²) in [5.41, 5.74) is 0.740. The van der Waals surface area contributed by atoms with E-state index in [1.54, 1.807) is 36.4 Å². The molecule has 0 fully saturated rings. The summed E-state index contributed by atoms with van der Waals surface area (Å²) in [4.78, 5) is 11.8. The van der Waals surface area contributed by atoms with Gasteiger partial charge >= 0.3 is 6.61 Å². The Morgan fingerprint density at radius 3 is 2.56 bits per heavy atom. The van der Waals surface area contributed by atoms with Crippen LogP contribution in [-0.2, 0) is 11.2 Å². The van der Waals surface area contributed by atoms with Crippen LogP contribution in [0.4, 0.5) is 8.78 Å². The lowest BCUT2D eigenvalue weighted by Gasteiger charge is -2.12. The van der Waals surface area contributed by atoms with E-state index in [0.29, 0.717) is 23.7 Å². The van der Waals surface area contributed by atoms with Gasteiger partial charge in [-0.15, -0.1) is 0 Å². The number of nitrogens with one attached hydrogen (secondary N) is 1. The smallest absolute Gasteiger partial charge is 0.387 e. The molecule has 8 heteroatoms. The Labute approximate surface area is 161 Å². The molecule has 0 radical (unpaired) electrons. The van der Waals surface area contributed by atoms with Crippen molar-refractivity contribution in [3.05, 3.63) is 53.1 Å². The van der Waals surface area contributed by atoms with Crippen molar-refractivity contribution >= 4 is 17.5 Å². The second-order valence-corrected chi connectivity index (χ2v) is 5.95. The first-order chi connectivity index (χ1) is 13.0. The monoisotopic (exact) mass is 399 g/mol. The summed E-state index contributed by atoms with van der Waals surface area (Å²) in [7, 11) is 1.37. The fraction of sp³-hybridized carbons (Fsp3) is 0.316. The topological polar surface area (TPSA) is 56.8 Å². The molecule has 0 atom stereocenters. The van der Waals surface area contributed by atoms with E-state index >= 15 is 0 Å². The van der Waals surface area contributed by atoms with Crippen LogP contribution in [0.2, 0.25) is 5.02 Å². The van der Waals surface area contributed by atoms with Crippen molar-refractivity contribution in [1.29, 1.82) is 0 Å². The Morgan fingerprint density at radius 1 is 1.15 bits per heavy atom. The summed E-state index contributed by atoms with van der Waals surface area (Å²) in [5, 5.41) is 3.37. The third-order valence-corrected chi connectivity index (χ3v) is 3.84. The van der Waals surface area contributed by atoms with Crippen molar-refractivity contribution in [2.45, 2.75) is 19.5 Å². The standard InChI is InChI=1S/C19H20ClF2NO4/c1-25-16-7-2-13(12-17(16)27-19(21)22)8-10-23-18(24)9-11-26-15-5-3-14(20)4-6-15/h2-7,12,19H,8-11H2,1H3,(H,23,24). The third-order valence-electron chi connectivity index (χ3n) is 3.59. The van der Waals surface area contributed by atoms with Crippen LogP contribution in [0.5, 0.6) is 17.2 Å². The molecule has 2 rings (SSSR count). The van der Waals surface area contributed by atoms with Gasteiger partial charge in [-0.25, -0.2) is 0 Å². The van der Waals surface area contributed by atoms with Crippen molar-refractivity contribution in [3.8, 4) is 17.2 Å². The second-order valence-electron chi connectivity index (χ2n) is 5.52. The zero-order valence-electron chi connectivity index (χ0n) is 14.7. The molecule has 0 aliphatic carbocycles. The molecule has 27 heavy (non-hydrogen) atoms. The average molecular weight is 400 g/mol. The van der Waals surface area contributed by atoms with E-state index in [2.05, 4.69) is 10.1 Å². The highest BCUT2D eigenvalue weighted by molar-refractivity contribution is 6.30. The molecule has 0 saturated carbocycles. The Balaban J connectivity index is 1.73. The highest BCUT2D eigenvalue weighted by atomic mass is 35.5. The largest absolute Gasteiger partial charge is 0.493 e. The Hall–Kier alpha value is -2.54. The van der Waals surface area contributed by atoms with Gasteiger partial charge in [-0.2, -0.15) is 8.78 Å². The summed E-state index contributed by atoms with van der Waals surface area (Å²) >= 11 is 5.78. The molecule has 1 N–H and O–H groups in total. The average Bonchev–Trinajstić information content (AvgIpc) is 2.63. The summed E-state index contributed by atoms with van der Waals surface area (Å²) in [6.07, 6.45) is 0.665. The molecule has 2 aromatic rings. The maximum absolute atomic E-state index is 12.4. The molecule has 2 aromatic carbocycles. The Kier molecular flexibility index (Phi) is 8.13. The molecule has 0 bridgehead atoms. The number of amides is 1. The lowest BCUT2D eigenvalue weighted by molar-refractivity contribution is -0.121. The van der Waals surface area contributed by atoms with Crippen LogP contribution in [-0.4, -0.2) is 32.8 Å². The van der Waals surface area contributed by atoms with Crippen molar-refractivity contribution in [1.82, 2.24) is 5.32 Å². The van der Waals surface area contributed by atoms with Gasteiger partial charge in [0.15, 0.2) is 11.5 Å². The number of carbonyl (C=O) groups is 1. The number of halogens is 3. The van der Waals surface area contributed by atoms with Crippen LogP contribution in [0, 0.1) is 0 Å². The van der Waals surface area contributed by atoms with Crippen molar-refractivity contribution < 1.29 is 27.8 Å². The van der Waals surface area contributed by atoms with Gasteiger partial charge in [-0.05, 0) is 48.4 Å². The van der Waals surface area contributed by atoms with Gasteiger partial charge in [0.05, 0.1) is 20.1 Å². The molecule has 0 heterocycles. The van der Waals surface area contributed by atoms with Crippen LogP contribution in [0.15, 0.2) is 42.5 Å². The number of ether oxygens (including phenoxy) is 3. The van der Waals surface area contributed by atoms with Gasteiger partial charge in [0, 0.05) is 11.6 Å². The first kappa shape index (κ1) is 20.8. The summed E-state index contributed by atoms with van der Waals surface area (Å²) in [6, 6.07) is 11.6. The molecule has 0 aliphatic heterocycles. The van der Waals surface area contributed by atoms with Crippen LogP contribution in [0.3, 0.4) is 0 Å². The molecule has 0 aliphatic rings. The normalized spacial score (nSPS) is 10.6. The lowest BCUT2D eigenvalue weighted by Crippen LogP contribution is -2.27. The maximum atomic E-state index is 12.4. The summed E-state index contributed by atoms with van der Waals surface area (Å²) < 4.78 is 39.7. The van der Waals surface area contributed by atoms with Crippen molar-refractivity contribution in [3.63, 3.8) is 0 Å². The molecular formula is C19H20ClF2NO4. The first-order valence-electron chi connectivity index (χ1n) is 8.24. The second kappa shape index (κ2) is 10.6. The predicted octanol–water partition coefficient (Wildman–Crippen LogP) is 4.08. The molecule has 0 saturated heterocycles. The van der Waals surface area contributed by atoms with Crippen LogP contribution in [0.25, 0.3) is 0 Å². The number of carbonyl (C=O) groups excluding carboxylic acids is 1. The SMILES string of the molecule is COc1ccc(CCNC(=O)CCOc2ccc(Cl)cc2)cc1OC(F)F. The van der Waals surface area contributed by atoms with E-state index in [-0.39, 0.29) is 30.4 Å². The minimum Gasteiger partial charge on any atom is -0.493 e. The van der Waals surface area contributed by atoms with E-state index in [0.717, 1.165) is 5.56 Å². The molecule has 0 spiro atoms. The summed E-state index contributed by atoms with van der Waals surface area (Å²) in [5.74, 6) is 0.661. The van der Waals surface area contributed by atoms with Gasteiger partial charge in [0.1, 0.15) is 5.75 Å². The quantitative estimate of drug-likeness (QED) is 0.654. The van der Waals surface area contributed by atoms with Crippen LogP contribution < -0.4 is 19.5 Å². The van der Waals surface area contributed by atoms with E-state index < -0.39 is 6.61 Å². The fourth-order valence-electron chi connectivity index (χ4n) is 2.29. The van der Waals surface area contributed by atoms with Gasteiger partial charge in [0.2, 0.25) is 5.91 Å². The lowest BCUT2D eigenvalue weighted by atomic mass is 10.1. The molecule has 0 unspecified atom stereocenters. The van der Waals surface area contributed by atoms with Gasteiger partial charge in [-0.3, -0.25) is 4.79 Å². The number of alkyl halides is 2. The minimum absolute atomic E-state index is 0.0345. The van der Waals surface area contributed by atoms with Crippen LogP contribution >= 0.6 is 11.6 Å². The third kappa shape index (κ3) is 7.30. The molecule has 1 amide bonds. The maximum Gasteiger partial charge on any atom is 0.387 e. The van der Waals surface area contributed by atoms with Crippen LogP contribution in [0.1, 0.15) is 12.0 Å². The highest BCUT2D eigenvalue weighted by Gasteiger charge is 2.11. The zero-order valence-corrected chi connectivity index (χ0v) is 15.5. The van der Waals surface area contributed by atoms with Gasteiger partial charge < -0.3 is 19.5 Å². The van der Waals surface area contributed by atoms with E-state index in [1.165, 1.54) is 13.2 Å². The number of methoxy groups -OCH3 is 1. The minimum atomic E-state index is -2.94. The molecular weight excluding hydrogens is 380 g/mol. The number of rotatable bonds is 10. The van der Waals surface area contributed by atoms with E-state index in [1.807, 2.05) is 0 Å². The molecule has 0 aromatic heterocycles. The van der Waals surface area contributed by atoms with Gasteiger partial charge in [-0.1, -0.05) is 17.7 Å². The predicted molar refractivity (Wildman–Crippen MR) is 97.9 cm³/mol.